The fourth-order valence-corrected chi connectivity index (χ4v) is 3.60. The first-order chi connectivity index (χ1) is 10.0. The Balaban J connectivity index is 2.51. The predicted octanol–water partition coefficient (Wildman–Crippen LogP) is 3.54. The number of hydrogen-bond acceptors (Lipinski definition) is 2. The van der Waals surface area contributed by atoms with Gasteiger partial charge >= 0.3 is 11.7 Å². The Bertz CT molecular complexity index is 907. The molecular formula is C14H8Br2N2O3. The van der Waals surface area contributed by atoms with Crippen LogP contribution < -0.4 is 5.69 Å². The van der Waals surface area contributed by atoms with Crippen LogP contribution in [0.3, 0.4) is 0 Å². The van der Waals surface area contributed by atoms with Crippen molar-refractivity contribution in [2.75, 3.05) is 0 Å². The van der Waals surface area contributed by atoms with Gasteiger partial charge in [-0.3, -0.25) is 4.57 Å². The lowest BCUT2D eigenvalue weighted by atomic mass is 10.2. The van der Waals surface area contributed by atoms with Crippen LogP contribution in [-0.4, -0.2) is 20.6 Å². The van der Waals surface area contributed by atoms with E-state index in [1.807, 2.05) is 6.07 Å². The Morgan fingerprint density at radius 2 is 1.71 bits per heavy atom. The summed E-state index contributed by atoms with van der Waals surface area (Å²) in [6.07, 6.45) is 0. The molecule has 2 N–H and O–H groups in total. The molecule has 5 nitrogen and oxygen atoms in total. The molecule has 2 aromatic carbocycles. The first kappa shape index (κ1) is 14.1. The van der Waals surface area contributed by atoms with E-state index in [2.05, 4.69) is 36.8 Å². The standard InChI is InChI=1S/C14H8Br2N2O3/c15-8-4-2-5-9(16)12(8)18-11-7(13(19)20)3-1-6-10(11)17-14(18)21/h1-6H,(H,17,21)(H,19,20). The van der Waals surface area contributed by atoms with Crippen molar-refractivity contribution in [1.82, 2.24) is 9.55 Å². The van der Waals surface area contributed by atoms with Gasteiger partial charge in [0.2, 0.25) is 0 Å². The van der Waals surface area contributed by atoms with Gasteiger partial charge in [0.05, 0.1) is 22.3 Å². The van der Waals surface area contributed by atoms with Crippen molar-refractivity contribution in [3.8, 4) is 5.69 Å². The smallest absolute Gasteiger partial charge is 0.337 e. The van der Waals surface area contributed by atoms with Crippen molar-refractivity contribution in [3.63, 3.8) is 0 Å². The topological polar surface area (TPSA) is 75.1 Å². The zero-order valence-corrected chi connectivity index (χ0v) is 13.6. The van der Waals surface area contributed by atoms with E-state index >= 15 is 0 Å². The van der Waals surface area contributed by atoms with Crippen molar-refractivity contribution >= 4 is 48.9 Å². The molecule has 3 rings (SSSR count). The minimum Gasteiger partial charge on any atom is -0.478 e. The fourth-order valence-electron chi connectivity index (χ4n) is 2.25. The number of carbonyl (C=O) groups is 1. The largest absolute Gasteiger partial charge is 0.478 e. The number of nitrogens with one attached hydrogen (secondary N) is 1. The number of carboxylic acid groups (broad SMARTS) is 1. The summed E-state index contributed by atoms with van der Waals surface area (Å²) in [4.78, 5) is 26.4. The first-order valence-corrected chi connectivity index (χ1v) is 7.50. The van der Waals surface area contributed by atoms with E-state index in [9.17, 15) is 14.7 Å². The maximum Gasteiger partial charge on any atom is 0.337 e. The van der Waals surface area contributed by atoms with E-state index < -0.39 is 11.7 Å². The van der Waals surface area contributed by atoms with E-state index in [4.69, 9.17) is 0 Å². The van der Waals surface area contributed by atoms with Crippen molar-refractivity contribution in [2.24, 2.45) is 0 Å². The number of para-hydroxylation sites is 2. The van der Waals surface area contributed by atoms with E-state index in [0.717, 1.165) is 0 Å². The van der Waals surface area contributed by atoms with Gasteiger partial charge < -0.3 is 10.1 Å². The quantitative estimate of drug-likeness (QED) is 0.677. The number of nitrogens with zero attached hydrogens (tertiary/aromatic N) is 1. The Hall–Kier alpha value is -1.86. The highest BCUT2D eigenvalue weighted by molar-refractivity contribution is 9.11. The average molecular weight is 412 g/mol. The number of aromatic nitrogens is 2. The summed E-state index contributed by atoms with van der Waals surface area (Å²) in [5.41, 5.74) is 1.03. The van der Waals surface area contributed by atoms with Gasteiger partial charge in [-0.05, 0) is 56.1 Å². The molecule has 1 heterocycles. The number of rotatable bonds is 2. The van der Waals surface area contributed by atoms with Crippen molar-refractivity contribution in [2.45, 2.75) is 0 Å². The summed E-state index contributed by atoms with van der Waals surface area (Å²) in [6, 6.07) is 10.1. The van der Waals surface area contributed by atoms with Crippen LogP contribution in [0.25, 0.3) is 16.7 Å². The van der Waals surface area contributed by atoms with Crippen LogP contribution in [0.2, 0.25) is 0 Å². The minimum absolute atomic E-state index is 0.0634. The predicted molar refractivity (Wildman–Crippen MR) is 86.3 cm³/mol. The molecule has 7 heteroatoms. The molecule has 0 amide bonds. The molecule has 0 fully saturated rings. The minimum atomic E-state index is -1.09. The Morgan fingerprint density at radius 1 is 1.10 bits per heavy atom. The van der Waals surface area contributed by atoms with Gasteiger partial charge in [0.1, 0.15) is 0 Å². The van der Waals surface area contributed by atoms with Gasteiger partial charge in [-0.25, -0.2) is 9.59 Å². The second kappa shape index (κ2) is 5.16. The number of fused-ring (bicyclic) bond motifs is 1. The molecule has 0 saturated heterocycles. The Morgan fingerprint density at radius 3 is 2.33 bits per heavy atom. The van der Waals surface area contributed by atoms with Crippen molar-refractivity contribution in [3.05, 3.63) is 61.4 Å². The van der Waals surface area contributed by atoms with E-state index in [0.29, 0.717) is 25.7 Å². The summed E-state index contributed by atoms with van der Waals surface area (Å²) in [5, 5.41) is 9.35. The zero-order valence-electron chi connectivity index (χ0n) is 10.4. The third kappa shape index (κ3) is 2.22. The average Bonchev–Trinajstić information content (AvgIpc) is 2.75. The van der Waals surface area contributed by atoms with Gasteiger partial charge in [0.15, 0.2) is 0 Å². The van der Waals surface area contributed by atoms with E-state index in [1.165, 1.54) is 10.6 Å². The van der Waals surface area contributed by atoms with Crippen LogP contribution in [-0.2, 0) is 0 Å². The SMILES string of the molecule is O=C(O)c1cccc2[nH]c(=O)n(-c3c(Br)cccc3Br)c12. The van der Waals surface area contributed by atoms with Gasteiger partial charge in [-0.1, -0.05) is 12.1 Å². The number of halogens is 2. The number of aromatic amines is 1. The Labute approximate surface area is 135 Å². The molecule has 0 radical (unpaired) electrons. The lowest BCUT2D eigenvalue weighted by Crippen LogP contribution is -2.16. The normalized spacial score (nSPS) is 11.0. The lowest BCUT2D eigenvalue weighted by molar-refractivity contribution is 0.0698. The molecule has 0 saturated carbocycles. The molecule has 0 spiro atoms. The van der Waals surface area contributed by atoms with Gasteiger partial charge in [0.25, 0.3) is 0 Å². The highest BCUT2D eigenvalue weighted by atomic mass is 79.9. The second-order valence-corrected chi connectivity index (χ2v) is 6.05. The third-order valence-corrected chi connectivity index (χ3v) is 4.38. The third-order valence-electron chi connectivity index (χ3n) is 3.10. The summed E-state index contributed by atoms with van der Waals surface area (Å²) < 4.78 is 2.72. The van der Waals surface area contributed by atoms with Gasteiger partial charge in [-0.2, -0.15) is 0 Å². The Kier molecular flexibility index (Phi) is 3.46. The molecular weight excluding hydrogens is 404 g/mol. The number of benzene rings is 2. The lowest BCUT2D eigenvalue weighted by Gasteiger charge is -2.10. The van der Waals surface area contributed by atoms with E-state index in [1.54, 1.807) is 24.3 Å². The molecule has 0 aliphatic carbocycles. The fraction of sp³-hybridized carbons (Fsp3) is 0. The monoisotopic (exact) mass is 410 g/mol. The zero-order chi connectivity index (χ0) is 15.1. The number of hydrogen-bond donors (Lipinski definition) is 2. The molecule has 3 aromatic rings. The van der Waals surface area contributed by atoms with Crippen molar-refractivity contribution in [1.29, 1.82) is 0 Å². The molecule has 0 unspecified atom stereocenters. The second-order valence-electron chi connectivity index (χ2n) is 4.34. The summed E-state index contributed by atoms with van der Waals surface area (Å²) in [5.74, 6) is -1.09. The summed E-state index contributed by atoms with van der Waals surface area (Å²) in [7, 11) is 0. The summed E-state index contributed by atoms with van der Waals surface area (Å²) >= 11 is 6.80. The van der Waals surface area contributed by atoms with Crippen LogP contribution in [0.15, 0.2) is 50.1 Å². The highest BCUT2D eigenvalue weighted by Gasteiger charge is 2.19. The molecule has 106 valence electrons. The van der Waals surface area contributed by atoms with Gasteiger partial charge in [-0.15, -0.1) is 0 Å². The number of carboxylic acids is 1. The molecule has 0 atom stereocenters. The highest BCUT2D eigenvalue weighted by Crippen LogP contribution is 2.31. The molecule has 21 heavy (non-hydrogen) atoms. The number of H-pyrrole nitrogens is 1. The number of imidazole rings is 1. The maximum atomic E-state index is 12.3. The van der Waals surface area contributed by atoms with Crippen LogP contribution in [0, 0.1) is 0 Å². The van der Waals surface area contributed by atoms with Crippen LogP contribution >= 0.6 is 31.9 Å². The summed E-state index contributed by atoms with van der Waals surface area (Å²) in [6.45, 7) is 0. The van der Waals surface area contributed by atoms with E-state index in [-0.39, 0.29) is 5.56 Å². The molecule has 0 aliphatic rings. The first-order valence-electron chi connectivity index (χ1n) is 5.92. The maximum absolute atomic E-state index is 12.3. The number of aromatic carboxylic acids is 1. The van der Waals surface area contributed by atoms with Crippen LogP contribution in [0.5, 0.6) is 0 Å². The van der Waals surface area contributed by atoms with Crippen LogP contribution in [0.4, 0.5) is 0 Å². The van der Waals surface area contributed by atoms with Gasteiger partial charge in [0, 0.05) is 8.95 Å². The molecule has 0 bridgehead atoms. The molecule has 1 aromatic heterocycles. The van der Waals surface area contributed by atoms with Crippen LogP contribution in [0.1, 0.15) is 10.4 Å². The van der Waals surface area contributed by atoms with Crippen molar-refractivity contribution < 1.29 is 9.90 Å². The molecule has 0 aliphatic heterocycles.